The van der Waals surface area contributed by atoms with Gasteiger partial charge in [0.05, 0.1) is 6.54 Å². The van der Waals surface area contributed by atoms with Crippen molar-refractivity contribution in [3.63, 3.8) is 0 Å². The maximum absolute atomic E-state index is 13.5. The number of aromatic carboxylic acids is 1. The normalized spacial score (nSPS) is 12.3. The molecule has 6 heteroatoms. The van der Waals surface area contributed by atoms with E-state index in [4.69, 9.17) is 9.63 Å². The van der Waals surface area contributed by atoms with Gasteiger partial charge in [0.25, 0.3) is 0 Å². The third-order valence-electron chi connectivity index (χ3n) is 3.06. The summed E-state index contributed by atoms with van der Waals surface area (Å²) in [7, 11) is 0. The minimum Gasteiger partial charge on any atom is -0.476 e. The summed E-state index contributed by atoms with van der Waals surface area (Å²) in [6.45, 7) is 3.91. The van der Waals surface area contributed by atoms with E-state index in [1.54, 1.807) is 13.0 Å². The van der Waals surface area contributed by atoms with Gasteiger partial charge in [0.2, 0.25) is 0 Å². The molecule has 0 fully saturated rings. The Morgan fingerprint density at radius 3 is 2.85 bits per heavy atom. The first-order valence-corrected chi connectivity index (χ1v) is 6.15. The molecule has 1 unspecified atom stereocenters. The SMILES string of the molecule is Cc1ccc(C(C)NCc2cc(C(=O)O)no2)cc1F. The molecule has 0 saturated heterocycles. The Balaban J connectivity index is 1.98. The summed E-state index contributed by atoms with van der Waals surface area (Å²) in [6, 6.07) is 6.32. The third-order valence-corrected chi connectivity index (χ3v) is 3.06. The molecule has 1 atom stereocenters. The zero-order chi connectivity index (χ0) is 14.7. The van der Waals surface area contributed by atoms with E-state index in [1.807, 2.05) is 13.0 Å². The van der Waals surface area contributed by atoms with Crippen LogP contribution in [0.15, 0.2) is 28.8 Å². The van der Waals surface area contributed by atoms with Gasteiger partial charge in [0, 0.05) is 12.1 Å². The van der Waals surface area contributed by atoms with Crippen molar-refractivity contribution < 1.29 is 18.8 Å². The molecule has 0 amide bonds. The number of carboxylic acid groups (broad SMARTS) is 1. The monoisotopic (exact) mass is 278 g/mol. The number of nitrogens with zero attached hydrogens (tertiary/aromatic N) is 1. The number of nitrogens with one attached hydrogen (secondary N) is 1. The van der Waals surface area contributed by atoms with E-state index in [0.717, 1.165) is 5.56 Å². The van der Waals surface area contributed by atoms with E-state index >= 15 is 0 Å². The van der Waals surface area contributed by atoms with Crippen LogP contribution in [0.5, 0.6) is 0 Å². The van der Waals surface area contributed by atoms with Crippen molar-refractivity contribution in [3.8, 4) is 0 Å². The van der Waals surface area contributed by atoms with E-state index in [9.17, 15) is 9.18 Å². The van der Waals surface area contributed by atoms with Crippen LogP contribution in [0.25, 0.3) is 0 Å². The van der Waals surface area contributed by atoms with E-state index in [0.29, 0.717) is 17.9 Å². The second kappa shape index (κ2) is 5.83. The lowest BCUT2D eigenvalue weighted by Crippen LogP contribution is -2.18. The molecule has 5 nitrogen and oxygen atoms in total. The molecule has 0 radical (unpaired) electrons. The first-order valence-electron chi connectivity index (χ1n) is 6.15. The predicted octanol–water partition coefficient (Wildman–Crippen LogP) is 2.67. The molecule has 2 aromatic rings. The zero-order valence-electron chi connectivity index (χ0n) is 11.2. The lowest BCUT2D eigenvalue weighted by atomic mass is 10.1. The highest BCUT2D eigenvalue weighted by atomic mass is 19.1. The Bertz CT molecular complexity index is 625. The molecule has 0 aliphatic rings. The molecule has 1 aromatic carbocycles. The second-order valence-corrected chi connectivity index (χ2v) is 4.59. The van der Waals surface area contributed by atoms with Crippen LogP contribution in [-0.4, -0.2) is 16.2 Å². The minimum atomic E-state index is -1.13. The summed E-state index contributed by atoms with van der Waals surface area (Å²) in [5.74, 6) is -0.959. The Hall–Kier alpha value is -2.21. The summed E-state index contributed by atoms with van der Waals surface area (Å²) in [5, 5.41) is 15.3. The number of aromatic nitrogens is 1. The van der Waals surface area contributed by atoms with E-state index in [2.05, 4.69) is 10.5 Å². The van der Waals surface area contributed by atoms with Gasteiger partial charge < -0.3 is 14.9 Å². The number of halogens is 1. The van der Waals surface area contributed by atoms with Crippen molar-refractivity contribution in [1.82, 2.24) is 10.5 Å². The van der Waals surface area contributed by atoms with Gasteiger partial charge in [-0.25, -0.2) is 9.18 Å². The maximum atomic E-state index is 13.5. The summed E-state index contributed by atoms with van der Waals surface area (Å²) in [5.41, 5.74) is 1.28. The number of rotatable bonds is 5. The summed E-state index contributed by atoms with van der Waals surface area (Å²) < 4.78 is 18.4. The standard InChI is InChI=1S/C14H15FN2O3/c1-8-3-4-10(5-12(8)15)9(2)16-7-11-6-13(14(18)19)17-20-11/h3-6,9,16H,7H2,1-2H3,(H,18,19). The van der Waals surface area contributed by atoms with Gasteiger partial charge in [-0.3, -0.25) is 0 Å². The van der Waals surface area contributed by atoms with Crippen LogP contribution in [0.3, 0.4) is 0 Å². The van der Waals surface area contributed by atoms with Crippen LogP contribution >= 0.6 is 0 Å². The smallest absolute Gasteiger partial charge is 0.358 e. The molecule has 0 saturated carbocycles. The average Bonchev–Trinajstić information content (AvgIpc) is 2.88. The first kappa shape index (κ1) is 14.2. The van der Waals surface area contributed by atoms with Crippen LogP contribution in [-0.2, 0) is 6.54 Å². The quantitative estimate of drug-likeness (QED) is 0.879. The van der Waals surface area contributed by atoms with Gasteiger partial charge in [-0.1, -0.05) is 17.3 Å². The molecule has 106 valence electrons. The van der Waals surface area contributed by atoms with Crippen molar-refractivity contribution in [2.45, 2.75) is 26.4 Å². The molecule has 2 rings (SSSR count). The molecule has 0 bridgehead atoms. The predicted molar refractivity (Wildman–Crippen MR) is 69.9 cm³/mol. The fraction of sp³-hybridized carbons (Fsp3) is 0.286. The van der Waals surface area contributed by atoms with Gasteiger partial charge in [-0.05, 0) is 31.0 Å². The molecule has 0 aliphatic carbocycles. The second-order valence-electron chi connectivity index (χ2n) is 4.59. The summed E-state index contributed by atoms with van der Waals surface area (Å²) >= 11 is 0. The van der Waals surface area contributed by atoms with Gasteiger partial charge in [0.15, 0.2) is 11.5 Å². The van der Waals surface area contributed by atoms with Crippen LogP contribution in [0, 0.1) is 12.7 Å². The van der Waals surface area contributed by atoms with Crippen LogP contribution in [0.1, 0.15) is 40.3 Å². The van der Waals surface area contributed by atoms with Crippen molar-refractivity contribution in [2.75, 3.05) is 0 Å². The fourth-order valence-corrected chi connectivity index (χ4v) is 1.75. The summed E-state index contributed by atoms with van der Waals surface area (Å²) in [4.78, 5) is 10.7. The van der Waals surface area contributed by atoms with Gasteiger partial charge in [-0.15, -0.1) is 0 Å². The lowest BCUT2D eigenvalue weighted by molar-refractivity contribution is 0.0685. The fourth-order valence-electron chi connectivity index (χ4n) is 1.75. The van der Waals surface area contributed by atoms with Gasteiger partial charge in [-0.2, -0.15) is 0 Å². The number of carbonyl (C=O) groups is 1. The number of hydrogen-bond donors (Lipinski definition) is 2. The Morgan fingerprint density at radius 2 is 2.25 bits per heavy atom. The number of hydrogen-bond acceptors (Lipinski definition) is 4. The van der Waals surface area contributed by atoms with Crippen molar-refractivity contribution >= 4 is 5.97 Å². The highest BCUT2D eigenvalue weighted by Gasteiger charge is 2.12. The first-order chi connectivity index (χ1) is 9.47. The molecule has 20 heavy (non-hydrogen) atoms. The number of aryl methyl sites for hydroxylation is 1. The number of benzene rings is 1. The lowest BCUT2D eigenvalue weighted by Gasteiger charge is -2.13. The maximum Gasteiger partial charge on any atom is 0.358 e. The topological polar surface area (TPSA) is 75.4 Å². The highest BCUT2D eigenvalue weighted by molar-refractivity contribution is 5.85. The largest absolute Gasteiger partial charge is 0.476 e. The average molecular weight is 278 g/mol. The molecular formula is C14H15FN2O3. The molecule has 1 aromatic heterocycles. The Kier molecular flexibility index (Phi) is 4.14. The van der Waals surface area contributed by atoms with E-state index < -0.39 is 5.97 Å². The van der Waals surface area contributed by atoms with Crippen LogP contribution in [0.2, 0.25) is 0 Å². The molecule has 1 heterocycles. The minimum absolute atomic E-state index is 0.0940. The zero-order valence-corrected chi connectivity index (χ0v) is 11.2. The van der Waals surface area contributed by atoms with Crippen LogP contribution < -0.4 is 5.32 Å². The van der Waals surface area contributed by atoms with Crippen molar-refractivity contribution in [3.05, 3.63) is 52.7 Å². The van der Waals surface area contributed by atoms with E-state index in [-0.39, 0.29) is 17.6 Å². The highest BCUT2D eigenvalue weighted by Crippen LogP contribution is 2.17. The Morgan fingerprint density at radius 1 is 1.50 bits per heavy atom. The van der Waals surface area contributed by atoms with Gasteiger partial charge >= 0.3 is 5.97 Å². The molecule has 2 N–H and O–H groups in total. The van der Waals surface area contributed by atoms with Gasteiger partial charge in [0.1, 0.15) is 5.82 Å². The molecule has 0 aliphatic heterocycles. The summed E-state index contributed by atoms with van der Waals surface area (Å²) in [6.07, 6.45) is 0. The van der Waals surface area contributed by atoms with Crippen molar-refractivity contribution in [1.29, 1.82) is 0 Å². The molecular weight excluding hydrogens is 263 g/mol. The third kappa shape index (κ3) is 3.21. The molecule has 0 spiro atoms. The van der Waals surface area contributed by atoms with Crippen LogP contribution in [0.4, 0.5) is 4.39 Å². The Labute approximate surface area is 115 Å². The van der Waals surface area contributed by atoms with Crippen molar-refractivity contribution in [2.24, 2.45) is 0 Å². The van der Waals surface area contributed by atoms with E-state index in [1.165, 1.54) is 12.1 Å². The number of carboxylic acids is 1.